The van der Waals surface area contributed by atoms with Gasteiger partial charge in [-0.25, -0.2) is 0 Å². The van der Waals surface area contributed by atoms with Gasteiger partial charge in [0.05, 0.1) is 12.2 Å². The SMILES string of the molecule is Clc1ccc(NCc2ccn[nH]2)nn1. The van der Waals surface area contributed by atoms with Crippen LogP contribution in [0, 0.1) is 0 Å². The summed E-state index contributed by atoms with van der Waals surface area (Å²) in [6.07, 6.45) is 1.70. The Kier molecular flexibility index (Phi) is 2.60. The van der Waals surface area contributed by atoms with Crippen molar-refractivity contribution in [3.8, 4) is 0 Å². The van der Waals surface area contributed by atoms with Gasteiger partial charge in [-0.1, -0.05) is 11.6 Å². The predicted molar refractivity (Wildman–Crippen MR) is 53.0 cm³/mol. The van der Waals surface area contributed by atoms with Crippen LogP contribution in [0.5, 0.6) is 0 Å². The van der Waals surface area contributed by atoms with Gasteiger partial charge in [0.25, 0.3) is 0 Å². The van der Waals surface area contributed by atoms with Gasteiger partial charge in [0.2, 0.25) is 0 Å². The molecule has 0 spiro atoms. The maximum absolute atomic E-state index is 5.59. The molecule has 0 saturated heterocycles. The summed E-state index contributed by atoms with van der Waals surface area (Å²) in [5.41, 5.74) is 0.988. The molecule has 0 aliphatic heterocycles. The minimum absolute atomic E-state index is 0.386. The first kappa shape index (κ1) is 8.96. The van der Waals surface area contributed by atoms with Gasteiger partial charge in [0, 0.05) is 6.20 Å². The van der Waals surface area contributed by atoms with E-state index in [2.05, 4.69) is 25.7 Å². The molecule has 0 aliphatic rings. The number of nitrogens with one attached hydrogen (secondary N) is 2. The Morgan fingerprint density at radius 1 is 1.29 bits per heavy atom. The highest BCUT2D eigenvalue weighted by molar-refractivity contribution is 6.29. The third-order valence-corrected chi connectivity index (χ3v) is 1.85. The van der Waals surface area contributed by atoms with Crippen LogP contribution in [-0.2, 0) is 6.54 Å². The van der Waals surface area contributed by atoms with Crippen molar-refractivity contribution in [3.63, 3.8) is 0 Å². The first-order valence-corrected chi connectivity index (χ1v) is 4.44. The minimum atomic E-state index is 0.386. The number of nitrogens with zero attached hydrogens (tertiary/aromatic N) is 3. The van der Waals surface area contributed by atoms with Crippen molar-refractivity contribution in [2.75, 3.05) is 5.32 Å². The van der Waals surface area contributed by atoms with Crippen molar-refractivity contribution in [3.05, 3.63) is 35.2 Å². The second-order valence-corrected chi connectivity index (χ2v) is 3.06. The number of halogens is 1. The summed E-state index contributed by atoms with van der Waals surface area (Å²) in [6.45, 7) is 0.635. The number of anilines is 1. The molecule has 0 amide bonds. The molecular formula is C8H8ClN5. The van der Waals surface area contributed by atoms with Crippen LogP contribution in [-0.4, -0.2) is 20.4 Å². The van der Waals surface area contributed by atoms with Crippen LogP contribution in [0.3, 0.4) is 0 Å². The van der Waals surface area contributed by atoms with E-state index in [0.717, 1.165) is 5.69 Å². The highest BCUT2D eigenvalue weighted by Crippen LogP contribution is 2.06. The molecule has 0 atom stereocenters. The largest absolute Gasteiger partial charge is 0.363 e. The van der Waals surface area contributed by atoms with Gasteiger partial charge in [-0.05, 0) is 18.2 Å². The summed E-state index contributed by atoms with van der Waals surface area (Å²) < 4.78 is 0. The van der Waals surface area contributed by atoms with E-state index in [1.165, 1.54) is 0 Å². The van der Waals surface area contributed by atoms with Crippen LogP contribution in [0.4, 0.5) is 5.82 Å². The number of hydrogen-bond acceptors (Lipinski definition) is 4. The molecule has 2 heterocycles. The first-order chi connectivity index (χ1) is 6.84. The van der Waals surface area contributed by atoms with E-state index in [0.29, 0.717) is 17.5 Å². The Bertz CT molecular complexity index is 383. The summed E-state index contributed by atoms with van der Waals surface area (Å²) in [7, 11) is 0. The Morgan fingerprint density at radius 3 is 2.86 bits per heavy atom. The van der Waals surface area contributed by atoms with Gasteiger partial charge in [-0.2, -0.15) is 5.10 Å². The lowest BCUT2D eigenvalue weighted by Crippen LogP contribution is -2.02. The smallest absolute Gasteiger partial charge is 0.151 e. The van der Waals surface area contributed by atoms with Crippen LogP contribution in [0.15, 0.2) is 24.4 Å². The third-order valence-electron chi connectivity index (χ3n) is 1.65. The molecule has 0 saturated carbocycles. The topological polar surface area (TPSA) is 66.5 Å². The maximum atomic E-state index is 5.59. The summed E-state index contributed by atoms with van der Waals surface area (Å²) >= 11 is 5.59. The highest BCUT2D eigenvalue weighted by Gasteiger charge is 1.96. The van der Waals surface area contributed by atoms with Crippen molar-refractivity contribution in [2.45, 2.75) is 6.54 Å². The van der Waals surface area contributed by atoms with E-state index in [4.69, 9.17) is 11.6 Å². The zero-order chi connectivity index (χ0) is 9.80. The Hall–Kier alpha value is -1.62. The molecule has 6 heteroatoms. The molecule has 2 aromatic heterocycles. The van der Waals surface area contributed by atoms with Gasteiger partial charge in [0.15, 0.2) is 5.15 Å². The molecule has 72 valence electrons. The van der Waals surface area contributed by atoms with E-state index in [1.54, 1.807) is 18.3 Å². The van der Waals surface area contributed by atoms with E-state index < -0.39 is 0 Å². The fourth-order valence-electron chi connectivity index (χ4n) is 0.979. The normalized spacial score (nSPS) is 10.1. The lowest BCUT2D eigenvalue weighted by Gasteiger charge is -2.01. The van der Waals surface area contributed by atoms with Crippen LogP contribution in [0.25, 0.3) is 0 Å². The van der Waals surface area contributed by atoms with Crippen molar-refractivity contribution in [1.29, 1.82) is 0 Å². The zero-order valence-electron chi connectivity index (χ0n) is 7.24. The second kappa shape index (κ2) is 4.06. The van der Waals surface area contributed by atoms with Gasteiger partial charge in [-0.3, -0.25) is 5.10 Å². The highest BCUT2D eigenvalue weighted by atomic mass is 35.5. The Morgan fingerprint density at radius 2 is 2.21 bits per heavy atom. The van der Waals surface area contributed by atoms with Crippen LogP contribution in [0.1, 0.15) is 5.69 Å². The van der Waals surface area contributed by atoms with Crippen molar-refractivity contribution < 1.29 is 0 Å². The second-order valence-electron chi connectivity index (χ2n) is 2.68. The number of rotatable bonds is 3. The molecule has 2 aromatic rings. The van der Waals surface area contributed by atoms with Gasteiger partial charge >= 0.3 is 0 Å². The maximum Gasteiger partial charge on any atom is 0.151 e. The zero-order valence-corrected chi connectivity index (χ0v) is 7.99. The van der Waals surface area contributed by atoms with Crippen LogP contribution >= 0.6 is 11.6 Å². The van der Waals surface area contributed by atoms with E-state index >= 15 is 0 Å². The molecule has 5 nitrogen and oxygen atoms in total. The van der Waals surface area contributed by atoms with Crippen molar-refractivity contribution in [2.24, 2.45) is 0 Å². The molecule has 0 aliphatic carbocycles. The van der Waals surface area contributed by atoms with E-state index in [-0.39, 0.29) is 0 Å². The molecule has 0 fully saturated rings. The fourth-order valence-corrected chi connectivity index (χ4v) is 1.08. The molecule has 2 N–H and O–H groups in total. The third kappa shape index (κ3) is 2.20. The van der Waals surface area contributed by atoms with Crippen molar-refractivity contribution >= 4 is 17.4 Å². The number of H-pyrrole nitrogens is 1. The van der Waals surface area contributed by atoms with E-state index in [1.807, 2.05) is 6.07 Å². The lowest BCUT2D eigenvalue weighted by molar-refractivity contribution is 0.953. The van der Waals surface area contributed by atoms with E-state index in [9.17, 15) is 0 Å². The standard InChI is InChI=1S/C8H8ClN5/c9-7-1-2-8(14-13-7)10-5-6-3-4-11-12-6/h1-4H,5H2,(H,10,14)(H,11,12). The average Bonchev–Trinajstić information content (AvgIpc) is 2.70. The molecular weight excluding hydrogens is 202 g/mol. The van der Waals surface area contributed by atoms with Crippen molar-refractivity contribution in [1.82, 2.24) is 20.4 Å². The van der Waals surface area contributed by atoms with Crippen LogP contribution in [0.2, 0.25) is 5.15 Å². The molecule has 0 radical (unpaired) electrons. The lowest BCUT2D eigenvalue weighted by atomic mass is 10.4. The quantitative estimate of drug-likeness (QED) is 0.804. The fraction of sp³-hybridized carbons (Fsp3) is 0.125. The monoisotopic (exact) mass is 209 g/mol. The molecule has 0 bridgehead atoms. The van der Waals surface area contributed by atoms with Crippen LogP contribution < -0.4 is 5.32 Å². The summed E-state index contributed by atoms with van der Waals surface area (Å²) in [5, 5.41) is 17.7. The Balaban J connectivity index is 1.95. The van der Waals surface area contributed by atoms with Gasteiger partial charge < -0.3 is 5.32 Å². The number of aromatic amines is 1. The van der Waals surface area contributed by atoms with Gasteiger partial charge in [-0.15, -0.1) is 10.2 Å². The Labute approximate surface area is 85.5 Å². The van der Waals surface area contributed by atoms with Gasteiger partial charge in [0.1, 0.15) is 5.82 Å². The summed E-state index contributed by atoms with van der Waals surface area (Å²) in [6, 6.07) is 5.34. The average molecular weight is 210 g/mol. The molecule has 0 aromatic carbocycles. The number of aromatic nitrogens is 4. The molecule has 2 rings (SSSR count). The summed E-state index contributed by atoms with van der Waals surface area (Å²) in [5.74, 6) is 0.684. The minimum Gasteiger partial charge on any atom is -0.363 e. The molecule has 0 unspecified atom stereocenters. The number of hydrogen-bond donors (Lipinski definition) is 2. The summed E-state index contributed by atoms with van der Waals surface area (Å²) in [4.78, 5) is 0. The molecule has 14 heavy (non-hydrogen) atoms. The first-order valence-electron chi connectivity index (χ1n) is 4.06. The predicted octanol–water partition coefficient (Wildman–Crippen LogP) is 1.47.